The van der Waals surface area contributed by atoms with E-state index in [4.69, 9.17) is 4.74 Å². The molecule has 3 amide bonds. The second-order valence-corrected chi connectivity index (χ2v) is 9.20. The van der Waals surface area contributed by atoms with Crippen molar-refractivity contribution < 1.29 is 19.1 Å². The number of benzene rings is 1. The lowest BCUT2D eigenvalue weighted by Crippen LogP contribution is -2.48. The van der Waals surface area contributed by atoms with Crippen molar-refractivity contribution in [3.8, 4) is 0 Å². The maximum absolute atomic E-state index is 12.1. The number of thioether (sulfide) groups is 1. The van der Waals surface area contributed by atoms with Crippen molar-refractivity contribution in [1.82, 2.24) is 10.2 Å². The number of hydrogen-bond acceptors (Lipinski definition) is 5. The van der Waals surface area contributed by atoms with Crippen LogP contribution in [0, 0.1) is 6.92 Å². The molecule has 0 saturated carbocycles. The predicted octanol–water partition coefficient (Wildman–Crippen LogP) is 3.18. The van der Waals surface area contributed by atoms with E-state index in [1.54, 1.807) is 4.90 Å². The quantitative estimate of drug-likeness (QED) is 0.737. The summed E-state index contributed by atoms with van der Waals surface area (Å²) in [5, 5.41) is 5.80. The monoisotopic (exact) mass is 421 g/mol. The van der Waals surface area contributed by atoms with E-state index in [2.05, 4.69) is 10.6 Å². The molecule has 1 aliphatic rings. The smallest absolute Gasteiger partial charge is 0.410 e. The van der Waals surface area contributed by atoms with Crippen LogP contribution in [0.4, 0.5) is 10.5 Å². The first-order valence-electron chi connectivity index (χ1n) is 9.84. The standard InChI is InChI=1S/C21H31N3O4S/c1-15-5-7-16(8-6-15)22-18(25)13-29-14-19(26)23-17-9-11-24(12-10-17)20(27)28-21(2,3)4/h5-8,17H,9-14H2,1-4H3,(H,22,25)(H,23,26). The lowest BCUT2D eigenvalue weighted by molar-refractivity contribution is -0.119. The number of nitrogens with zero attached hydrogens (tertiary/aromatic N) is 1. The van der Waals surface area contributed by atoms with Gasteiger partial charge in [-0.15, -0.1) is 11.8 Å². The third-order valence-corrected chi connectivity index (χ3v) is 5.25. The number of amides is 3. The minimum atomic E-state index is -0.509. The van der Waals surface area contributed by atoms with E-state index in [0.29, 0.717) is 25.9 Å². The highest BCUT2D eigenvalue weighted by Gasteiger charge is 2.27. The maximum Gasteiger partial charge on any atom is 0.410 e. The second kappa shape index (κ2) is 10.5. The number of aryl methyl sites for hydroxylation is 1. The van der Waals surface area contributed by atoms with Gasteiger partial charge in [-0.2, -0.15) is 0 Å². The third kappa shape index (κ3) is 8.77. The van der Waals surface area contributed by atoms with Crippen LogP contribution in [0.1, 0.15) is 39.2 Å². The lowest BCUT2D eigenvalue weighted by Gasteiger charge is -2.33. The fourth-order valence-electron chi connectivity index (χ4n) is 2.87. The van der Waals surface area contributed by atoms with E-state index in [1.807, 2.05) is 52.0 Å². The number of hydrogen-bond donors (Lipinski definition) is 2. The Morgan fingerprint density at radius 2 is 1.66 bits per heavy atom. The molecule has 7 nitrogen and oxygen atoms in total. The fourth-order valence-corrected chi connectivity index (χ4v) is 3.50. The molecule has 0 radical (unpaired) electrons. The first kappa shape index (κ1) is 23.1. The summed E-state index contributed by atoms with van der Waals surface area (Å²) in [5.74, 6) is 0.234. The van der Waals surface area contributed by atoms with E-state index in [9.17, 15) is 14.4 Å². The average molecular weight is 422 g/mol. The van der Waals surface area contributed by atoms with E-state index in [-0.39, 0.29) is 35.5 Å². The van der Waals surface area contributed by atoms with Crippen LogP contribution in [0.25, 0.3) is 0 Å². The van der Waals surface area contributed by atoms with Gasteiger partial charge in [0, 0.05) is 24.8 Å². The van der Waals surface area contributed by atoms with Gasteiger partial charge < -0.3 is 20.3 Å². The molecule has 2 N–H and O–H groups in total. The van der Waals surface area contributed by atoms with Crippen LogP contribution in [0.3, 0.4) is 0 Å². The number of nitrogens with one attached hydrogen (secondary N) is 2. The first-order chi connectivity index (χ1) is 13.6. The number of carbonyl (C=O) groups is 3. The molecule has 0 aliphatic carbocycles. The van der Waals surface area contributed by atoms with E-state index < -0.39 is 5.60 Å². The zero-order chi connectivity index (χ0) is 21.4. The van der Waals surface area contributed by atoms with Crippen molar-refractivity contribution in [2.75, 3.05) is 29.9 Å². The van der Waals surface area contributed by atoms with Crippen LogP contribution < -0.4 is 10.6 Å². The molecule has 1 heterocycles. The van der Waals surface area contributed by atoms with E-state index >= 15 is 0 Å². The van der Waals surface area contributed by atoms with Gasteiger partial charge in [0.05, 0.1) is 11.5 Å². The maximum atomic E-state index is 12.1. The summed E-state index contributed by atoms with van der Waals surface area (Å²) >= 11 is 1.28. The Labute approximate surface area is 176 Å². The van der Waals surface area contributed by atoms with Crippen LogP contribution in [0.15, 0.2) is 24.3 Å². The second-order valence-electron chi connectivity index (χ2n) is 8.22. The number of carbonyl (C=O) groups excluding carboxylic acids is 3. The Kier molecular flexibility index (Phi) is 8.37. The number of rotatable bonds is 6. The van der Waals surface area contributed by atoms with E-state index in [0.717, 1.165) is 11.3 Å². The molecule has 1 aromatic carbocycles. The van der Waals surface area contributed by atoms with Gasteiger partial charge in [-0.3, -0.25) is 9.59 Å². The summed E-state index contributed by atoms with van der Waals surface area (Å²) < 4.78 is 5.38. The number of anilines is 1. The minimum Gasteiger partial charge on any atom is -0.444 e. The molecule has 1 aromatic rings. The van der Waals surface area contributed by atoms with Gasteiger partial charge in [0.25, 0.3) is 0 Å². The van der Waals surface area contributed by atoms with Gasteiger partial charge in [-0.05, 0) is 52.7 Å². The van der Waals surface area contributed by atoms with Crippen molar-refractivity contribution in [3.05, 3.63) is 29.8 Å². The minimum absolute atomic E-state index is 0.0446. The van der Waals surface area contributed by atoms with Gasteiger partial charge >= 0.3 is 6.09 Å². The molecule has 160 valence electrons. The molecule has 1 aliphatic heterocycles. The number of likely N-dealkylation sites (tertiary alicyclic amines) is 1. The fraction of sp³-hybridized carbons (Fsp3) is 0.571. The Morgan fingerprint density at radius 1 is 1.07 bits per heavy atom. The SMILES string of the molecule is Cc1ccc(NC(=O)CSCC(=O)NC2CCN(C(=O)OC(C)(C)C)CC2)cc1. The van der Waals surface area contributed by atoms with Crippen LogP contribution >= 0.6 is 11.8 Å². The van der Waals surface area contributed by atoms with Crippen molar-refractivity contribution in [2.45, 2.75) is 52.2 Å². The Balaban J connectivity index is 1.62. The van der Waals surface area contributed by atoms with Gasteiger partial charge in [0.15, 0.2) is 0 Å². The van der Waals surface area contributed by atoms with Crippen LogP contribution in [-0.2, 0) is 14.3 Å². The van der Waals surface area contributed by atoms with E-state index in [1.165, 1.54) is 11.8 Å². The Bertz CT molecular complexity index is 708. The highest BCUT2D eigenvalue weighted by Crippen LogP contribution is 2.16. The highest BCUT2D eigenvalue weighted by atomic mass is 32.2. The number of ether oxygens (including phenoxy) is 1. The van der Waals surface area contributed by atoms with Gasteiger partial charge in [-0.1, -0.05) is 17.7 Å². The molecule has 0 bridgehead atoms. The summed E-state index contributed by atoms with van der Waals surface area (Å²) in [6.45, 7) is 8.64. The molecule has 0 unspecified atom stereocenters. The molecule has 1 fully saturated rings. The first-order valence-corrected chi connectivity index (χ1v) is 11.0. The summed E-state index contributed by atoms with van der Waals surface area (Å²) in [4.78, 5) is 37.8. The summed E-state index contributed by atoms with van der Waals surface area (Å²) in [6, 6.07) is 7.63. The molecule has 0 spiro atoms. The van der Waals surface area contributed by atoms with Crippen molar-refractivity contribution >= 4 is 35.4 Å². The zero-order valence-corrected chi connectivity index (χ0v) is 18.4. The lowest BCUT2D eigenvalue weighted by atomic mass is 10.1. The summed E-state index contributed by atoms with van der Waals surface area (Å²) in [5.41, 5.74) is 1.37. The molecular weight excluding hydrogens is 390 g/mol. The van der Waals surface area contributed by atoms with Crippen molar-refractivity contribution in [1.29, 1.82) is 0 Å². The molecule has 2 rings (SSSR count). The van der Waals surface area contributed by atoms with Crippen molar-refractivity contribution in [3.63, 3.8) is 0 Å². The molecular formula is C21H31N3O4S. The Hall–Kier alpha value is -2.22. The predicted molar refractivity (Wildman–Crippen MR) is 116 cm³/mol. The summed E-state index contributed by atoms with van der Waals surface area (Å²) in [6.07, 6.45) is 1.09. The molecule has 0 aromatic heterocycles. The van der Waals surface area contributed by atoms with Gasteiger partial charge in [0.2, 0.25) is 11.8 Å². The largest absolute Gasteiger partial charge is 0.444 e. The topological polar surface area (TPSA) is 87.7 Å². The molecule has 29 heavy (non-hydrogen) atoms. The third-order valence-electron chi connectivity index (χ3n) is 4.31. The van der Waals surface area contributed by atoms with Crippen LogP contribution in [0.5, 0.6) is 0 Å². The average Bonchev–Trinajstić information content (AvgIpc) is 2.63. The molecule has 8 heteroatoms. The van der Waals surface area contributed by atoms with Gasteiger partial charge in [0.1, 0.15) is 5.60 Å². The normalized spacial score (nSPS) is 15.0. The van der Waals surface area contributed by atoms with Crippen LogP contribution in [-0.4, -0.2) is 59.0 Å². The van der Waals surface area contributed by atoms with Crippen molar-refractivity contribution in [2.24, 2.45) is 0 Å². The highest BCUT2D eigenvalue weighted by molar-refractivity contribution is 8.00. The summed E-state index contributed by atoms with van der Waals surface area (Å²) in [7, 11) is 0. The Morgan fingerprint density at radius 3 is 2.24 bits per heavy atom. The molecule has 1 saturated heterocycles. The van der Waals surface area contributed by atoms with Gasteiger partial charge in [-0.25, -0.2) is 4.79 Å². The van der Waals surface area contributed by atoms with Crippen LogP contribution in [0.2, 0.25) is 0 Å². The zero-order valence-electron chi connectivity index (χ0n) is 17.6. The molecule has 0 atom stereocenters. The number of piperidine rings is 1.